The zero-order chi connectivity index (χ0) is 19.1. The third-order valence-electron chi connectivity index (χ3n) is 5.61. The van der Waals surface area contributed by atoms with Crippen LogP contribution in [-0.2, 0) is 37.0 Å². The van der Waals surface area contributed by atoms with Crippen LogP contribution in [0.25, 0.3) is 4.96 Å². The number of esters is 1. The number of thiophene rings is 1. The van der Waals surface area contributed by atoms with Crippen LogP contribution < -0.4 is 5.56 Å². The van der Waals surface area contributed by atoms with Gasteiger partial charge in [0, 0.05) is 21.5 Å². The number of ether oxygens (including phenoxy) is 1. The summed E-state index contributed by atoms with van der Waals surface area (Å²) in [6.07, 6.45) is 10.0. The van der Waals surface area contributed by atoms with Crippen molar-refractivity contribution in [3.63, 3.8) is 0 Å². The van der Waals surface area contributed by atoms with Crippen LogP contribution in [0.3, 0.4) is 0 Å². The lowest BCUT2D eigenvalue weighted by molar-refractivity contribution is 0.0473. The standard InChI is InChI=1S/C21H22N2O3S2/c24-19-11-14(22-21-23(19)15-7-4-5-9-17(15)28-21)12-26-20(25)18-10-13-6-2-1-3-8-16(13)27-18/h10-11H,1-9,12H2. The van der Waals surface area contributed by atoms with Crippen molar-refractivity contribution >= 4 is 33.6 Å². The number of carbonyl (C=O) groups is 1. The molecule has 2 aliphatic carbocycles. The van der Waals surface area contributed by atoms with E-state index in [2.05, 4.69) is 4.98 Å². The average Bonchev–Trinajstić information content (AvgIpc) is 3.20. The van der Waals surface area contributed by atoms with E-state index in [0.717, 1.165) is 37.8 Å². The van der Waals surface area contributed by atoms with Crippen LogP contribution in [0.1, 0.15) is 68.5 Å². The Kier molecular flexibility index (Phi) is 4.80. The zero-order valence-electron chi connectivity index (χ0n) is 15.7. The monoisotopic (exact) mass is 414 g/mol. The lowest BCUT2D eigenvalue weighted by Gasteiger charge is -2.10. The van der Waals surface area contributed by atoms with Crippen molar-refractivity contribution in [2.45, 2.75) is 64.4 Å². The quantitative estimate of drug-likeness (QED) is 0.473. The van der Waals surface area contributed by atoms with Crippen molar-refractivity contribution in [1.82, 2.24) is 9.38 Å². The third kappa shape index (κ3) is 3.31. The largest absolute Gasteiger partial charge is 0.455 e. The van der Waals surface area contributed by atoms with Gasteiger partial charge in [-0.05, 0) is 63.0 Å². The molecule has 0 unspecified atom stereocenters. The Balaban J connectivity index is 1.34. The Hall–Kier alpha value is -1.99. The molecule has 0 saturated carbocycles. The minimum Gasteiger partial charge on any atom is -0.455 e. The molecule has 0 aliphatic heterocycles. The summed E-state index contributed by atoms with van der Waals surface area (Å²) < 4.78 is 7.23. The third-order valence-corrected chi connectivity index (χ3v) is 7.97. The normalized spacial score (nSPS) is 16.4. The fraction of sp³-hybridized carbons (Fsp3) is 0.476. The summed E-state index contributed by atoms with van der Waals surface area (Å²) in [7, 11) is 0. The summed E-state index contributed by atoms with van der Waals surface area (Å²) in [5.74, 6) is -0.314. The van der Waals surface area contributed by atoms with Gasteiger partial charge < -0.3 is 4.74 Å². The molecule has 3 aromatic heterocycles. The predicted octanol–water partition coefficient (Wildman–Crippen LogP) is 4.32. The van der Waals surface area contributed by atoms with Crippen LogP contribution in [0.5, 0.6) is 0 Å². The number of thiazole rings is 1. The van der Waals surface area contributed by atoms with Crippen LogP contribution in [0.2, 0.25) is 0 Å². The van der Waals surface area contributed by atoms with Gasteiger partial charge in [0.2, 0.25) is 0 Å². The fourth-order valence-electron chi connectivity index (χ4n) is 4.19. The Morgan fingerprint density at radius 3 is 2.71 bits per heavy atom. The maximum absolute atomic E-state index is 12.6. The first-order valence-corrected chi connectivity index (χ1v) is 11.6. The molecule has 0 saturated heterocycles. The molecule has 3 aromatic rings. The highest BCUT2D eigenvalue weighted by molar-refractivity contribution is 7.17. The molecule has 0 fully saturated rings. The van der Waals surface area contributed by atoms with Gasteiger partial charge in [0.25, 0.3) is 5.56 Å². The van der Waals surface area contributed by atoms with E-state index >= 15 is 0 Å². The van der Waals surface area contributed by atoms with Crippen molar-refractivity contribution < 1.29 is 9.53 Å². The minimum absolute atomic E-state index is 0.0374. The van der Waals surface area contributed by atoms with Crippen molar-refractivity contribution in [2.24, 2.45) is 0 Å². The molecule has 5 rings (SSSR count). The second-order valence-electron chi connectivity index (χ2n) is 7.58. The van der Waals surface area contributed by atoms with Gasteiger partial charge in [-0.2, -0.15) is 0 Å². The van der Waals surface area contributed by atoms with E-state index in [4.69, 9.17) is 4.74 Å². The van der Waals surface area contributed by atoms with Gasteiger partial charge in [-0.25, -0.2) is 9.78 Å². The smallest absolute Gasteiger partial charge is 0.348 e. The van der Waals surface area contributed by atoms with Crippen molar-refractivity contribution in [3.8, 4) is 0 Å². The highest BCUT2D eigenvalue weighted by atomic mass is 32.1. The van der Waals surface area contributed by atoms with Gasteiger partial charge in [0.15, 0.2) is 4.96 Å². The summed E-state index contributed by atoms with van der Waals surface area (Å²) in [6.45, 7) is 0.0374. The van der Waals surface area contributed by atoms with E-state index < -0.39 is 0 Å². The first-order valence-electron chi connectivity index (χ1n) is 10.0. The number of carbonyl (C=O) groups excluding carboxylic acids is 1. The molecule has 3 heterocycles. The zero-order valence-corrected chi connectivity index (χ0v) is 17.3. The lowest BCUT2D eigenvalue weighted by Crippen LogP contribution is -2.18. The van der Waals surface area contributed by atoms with Crippen LogP contribution >= 0.6 is 22.7 Å². The molecule has 28 heavy (non-hydrogen) atoms. The number of rotatable bonds is 3. The molecule has 0 aromatic carbocycles. The molecule has 5 nitrogen and oxygen atoms in total. The number of aromatic nitrogens is 2. The maximum Gasteiger partial charge on any atom is 0.348 e. The molecule has 0 bridgehead atoms. The molecule has 2 aliphatic rings. The summed E-state index contributed by atoms with van der Waals surface area (Å²) in [4.78, 5) is 33.7. The number of aryl methyl sites for hydroxylation is 4. The molecule has 0 atom stereocenters. The Labute approximate surface area is 171 Å². The van der Waals surface area contributed by atoms with E-state index in [9.17, 15) is 9.59 Å². The van der Waals surface area contributed by atoms with Gasteiger partial charge in [-0.15, -0.1) is 22.7 Å². The van der Waals surface area contributed by atoms with Gasteiger partial charge >= 0.3 is 5.97 Å². The first-order chi connectivity index (χ1) is 13.7. The second-order valence-corrected chi connectivity index (χ2v) is 9.78. The average molecular weight is 415 g/mol. The molecule has 0 spiro atoms. The summed E-state index contributed by atoms with van der Waals surface area (Å²) in [6, 6.07) is 3.50. The fourth-order valence-corrected chi connectivity index (χ4v) is 6.57. The number of nitrogens with zero attached hydrogens (tertiary/aromatic N) is 2. The van der Waals surface area contributed by atoms with Crippen LogP contribution in [0, 0.1) is 0 Å². The van der Waals surface area contributed by atoms with Crippen LogP contribution in [0.4, 0.5) is 0 Å². The molecular weight excluding hydrogens is 392 g/mol. The SMILES string of the molecule is O=C(OCc1cc(=O)n2c3c(sc2n1)CCCC3)c1cc2c(s1)CCCCC2. The van der Waals surface area contributed by atoms with Gasteiger partial charge in [-0.1, -0.05) is 6.42 Å². The van der Waals surface area contributed by atoms with Gasteiger partial charge in [0.1, 0.15) is 11.5 Å². The van der Waals surface area contributed by atoms with Crippen molar-refractivity contribution in [3.05, 3.63) is 54.1 Å². The van der Waals surface area contributed by atoms with Gasteiger partial charge in [-0.3, -0.25) is 9.20 Å². The lowest BCUT2D eigenvalue weighted by atomic mass is 10.0. The van der Waals surface area contributed by atoms with Crippen molar-refractivity contribution in [2.75, 3.05) is 0 Å². The Morgan fingerprint density at radius 1 is 1.00 bits per heavy atom. The molecule has 0 radical (unpaired) electrons. The van der Waals surface area contributed by atoms with Crippen LogP contribution in [-0.4, -0.2) is 15.4 Å². The summed E-state index contributed by atoms with van der Waals surface area (Å²) in [5.41, 5.74) is 2.87. The summed E-state index contributed by atoms with van der Waals surface area (Å²) >= 11 is 3.15. The molecule has 7 heteroatoms. The van der Waals surface area contributed by atoms with E-state index in [1.165, 1.54) is 47.1 Å². The molecule has 0 N–H and O–H groups in total. The second kappa shape index (κ2) is 7.44. The maximum atomic E-state index is 12.6. The topological polar surface area (TPSA) is 60.7 Å². The van der Waals surface area contributed by atoms with E-state index in [1.807, 2.05) is 6.07 Å². The predicted molar refractivity (Wildman–Crippen MR) is 111 cm³/mol. The first kappa shape index (κ1) is 18.1. The highest BCUT2D eigenvalue weighted by Crippen LogP contribution is 2.30. The number of hydrogen-bond acceptors (Lipinski definition) is 6. The van der Waals surface area contributed by atoms with Gasteiger partial charge in [0.05, 0.1) is 5.69 Å². The van der Waals surface area contributed by atoms with Crippen molar-refractivity contribution in [1.29, 1.82) is 0 Å². The minimum atomic E-state index is -0.314. The Bertz CT molecular complexity index is 1090. The molecule has 0 amide bonds. The summed E-state index contributed by atoms with van der Waals surface area (Å²) in [5, 5.41) is 0. The van der Waals surface area contributed by atoms with E-state index in [-0.39, 0.29) is 18.1 Å². The van der Waals surface area contributed by atoms with E-state index in [1.54, 1.807) is 27.1 Å². The van der Waals surface area contributed by atoms with E-state index in [0.29, 0.717) is 15.5 Å². The number of fused-ring (bicyclic) bond motifs is 4. The van der Waals surface area contributed by atoms with Crippen LogP contribution in [0.15, 0.2) is 16.9 Å². The molecule has 146 valence electrons. The molecular formula is C21H22N2O3S2. The number of hydrogen-bond donors (Lipinski definition) is 0. The highest BCUT2D eigenvalue weighted by Gasteiger charge is 2.20. The Morgan fingerprint density at radius 2 is 1.79 bits per heavy atom.